The Bertz CT molecular complexity index is 563. The largest absolute Gasteiger partial charge is 0.326 e. The van der Waals surface area contributed by atoms with Crippen LogP contribution in [-0.4, -0.2) is 31.0 Å². The van der Waals surface area contributed by atoms with Crippen molar-refractivity contribution in [3.8, 4) is 0 Å². The van der Waals surface area contributed by atoms with Gasteiger partial charge in [0.2, 0.25) is 0 Å². The number of rotatable bonds is 2. The molecule has 0 saturated carbocycles. The van der Waals surface area contributed by atoms with Crippen LogP contribution < -0.4 is 5.56 Å². The summed E-state index contributed by atoms with van der Waals surface area (Å²) in [6.07, 6.45) is 2.69. The third-order valence-electron chi connectivity index (χ3n) is 2.37. The van der Waals surface area contributed by atoms with E-state index in [0.717, 1.165) is 29.6 Å². The van der Waals surface area contributed by atoms with Crippen LogP contribution in [0.5, 0.6) is 0 Å². The minimum Gasteiger partial charge on any atom is -0.326 e. The van der Waals surface area contributed by atoms with E-state index in [9.17, 15) is 13.2 Å². The second-order valence-corrected chi connectivity index (χ2v) is 5.82. The molecule has 1 saturated heterocycles. The van der Waals surface area contributed by atoms with Gasteiger partial charge in [0.25, 0.3) is 15.6 Å². The van der Waals surface area contributed by atoms with Crippen molar-refractivity contribution in [1.82, 2.24) is 9.45 Å². The van der Waals surface area contributed by atoms with E-state index in [1.807, 2.05) is 0 Å². The molecule has 2 heterocycles. The zero-order chi connectivity index (χ0) is 12.5. The Morgan fingerprint density at radius 3 is 2.76 bits per heavy atom. The van der Waals surface area contributed by atoms with Gasteiger partial charge in [0.1, 0.15) is 9.92 Å². The molecule has 1 aliphatic rings. The molecule has 0 bridgehead atoms. The molecule has 0 atom stereocenters. The van der Waals surface area contributed by atoms with Crippen molar-refractivity contribution in [2.45, 2.75) is 17.7 Å². The lowest BCUT2D eigenvalue weighted by atomic mass is 10.3. The Hall–Kier alpha value is -0.890. The number of nitrogens with one attached hydrogen (secondary N) is 1. The molecule has 0 spiro atoms. The Balaban J connectivity index is 2.36. The summed E-state index contributed by atoms with van der Waals surface area (Å²) in [5.74, 6) is 0. The van der Waals surface area contributed by atoms with Gasteiger partial charge < -0.3 is 4.98 Å². The Morgan fingerprint density at radius 1 is 1.41 bits per heavy atom. The van der Waals surface area contributed by atoms with Crippen LogP contribution in [0.2, 0.25) is 5.02 Å². The first-order valence-electron chi connectivity index (χ1n) is 5.06. The highest BCUT2D eigenvalue weighted by atomic mass is 35.5. The Kier molecular flexibility index (Phi) is 3.53. The zero-order valence-corrected chi connectivity index (χ0v) is 10.4. The molecule has 1 N–H and O–H groups in total. The van der Waals surface area contributed by atoms with E-state index in [-0.39, 0.29) is 9.92 Å². The molecule has 0 amide bonds. The fourth-order valence-electron chi connectivity index (χ4n) is 1.47. The van der Waals surface area contributed by atoms with Crippen LogP contribution in [0.3, 0.4) is 0 Å². The van der Waals surface area contributed by atoms with Crippen LogP contribution in [0.1, 0.15) is 12.8 Å². The van der Waals surface area contributed by atoms with E-state index >= 15 is 0 Å². The number of sulfonamides is 1. The number of hydrogen-bond acceptors (Lipinski definition) is 4. The highest BCUT2D eigenvalue weighted by molar-refractivity contribution is 7.89. The lowest BCUT2D eigenvalue weighted by molar-refractivity contribution is -0.108. The fraction of sp³-hybridized carbons (Fsp3) is 0.444. The summed E-state index contributed by atoms with van der Waals surface area (Å²) in [5.41, 5.74) is -0.523. The molecule has 0 aliphatic carbocycles. The number of nitrogens with zero attached hydrogens (tertiary/aromatic N) is 1. The summed E-state index contributed by atoms with van der Waals surface area (Å²) in [7, 11) is -3.74. The van der Waals surface area contributed by atoms with E-state index < -0.39 is 15.6 Å². The van der Waals surface area contributed by atoms with Crippen molar-refractivity contribution >= 4 is 21.6 Å². The molecular formula is C9H11ClN2O4S. The van der Waals surface area contributed by atoms with Crippen molar-refractivity contribution in [2.75, 3.05) is 13.2 Å². The molecule has 1 aromatic rings. The first-order valence-corrected chi connectivity index (χ1v) is 6.87. The maximum Gasteiger partial charge on any atom is 0.266 e. The number of aromatic nitrogens is 1. The highest BCUT2D eigenvalue weighted by Gasteiger charge is 2.27. The van der Waals surface area contributed by atoms with Gasteiger partial charge in [-0.05, 0) is 18.9 Å². The third kappa shape index (κ3) is 2.52. The van der Waals surface area contributed by atoms with Gasteiger partial charge >= 0.3 is 0 Å². The second-order valence-electron chi connectivity index (χ2n) is 3.58. The van der Waals surface area contributed by atoms with E-state index in [0.29, 0.717) is 13.2 Å². The van der Waals surface area contributed by atoms with E-state index in [1.165, 1.54) is 0 Å². The summed E-state index contributed by atoms with van der Waals surface area (Å²) in [6.45, 7) is 0.676. The lowest BCUT2D eigenvalue weighted by Crippen LogP contribution is -2.36. The molecule has 0 unspecified atom stereocenters. The van der Waals surface area contributed by atoms with E-state index in [4.69, 9.17) is 16.4 Å². The predicted octanol–water partition coefficient (Wildman–Crippen LogP) is 0.744. The number of hydroxylamine groups is 1. The highest BCUT2D eigenvalue weighted by Crippen LogP contribution is 2.19. The minimum atomic E-state index is -3.74. The SMILES string of the molecule is O=c1[nH]cc(S(=O)(=O)N2CCCCO2)cc1Cl. The molecule has 8 heteroatoms. The monoisotopic (exact) mass is 278 g/mol. The summed E-state index contributed by atoms with van der Waals surface area (Å²) in [5, 5.41) is -0.164. The van der Waals surface area contributed by atoms with Crippen LogP contribution in [0.15, 0.2) is 22.0 Å². The maximum atomic E-state index is 12.1. The molecule has 1 aliphatic heterocycles. The van der Waals surface area contributed by atoms with Gasteiger partial charge in [-0.2, -0.15) is 0 Å². The normalized spacial score (nSPS) is 18.2. The lowest BCUT2D eigenvalue weighted by Gasteiger charge is -2.25. The fourth-order valence-corrected chi connectivity index (χ4v) is 3.00. The summed E-state index contributed by atoms with van der Waals surface area (Å²) in [6, 6.07) is 1.12. The number of aromatic amines is 1. The number of halogens is 1. The van der Waals surface area contributed by atoms with Gasteiger partial charge in [0, 0.05) is 12.7 Å². The molecule has 1 fully saturated rings. The van der Waals surface area contributed by atoms with Gasteiger partial charge in [0.15, 0.2) is 0 Å². The molecule has 94 valence electrons. The topological polar surface area (TPSA) is 79.5 Å². The Morgan fingerprint density at radius 2 is 2.18 bits per heavy atom. The molecule has 6 nitrogen and oxygen atoms in total. The summed E-state index contributed by atoms with van der Waals surface area (Å²) < 4.78 is 25.1. The average molecular weight is 279 g/mol. The molecule has 0 radical (unpaired) electrons. The molecule has 0 aromatic carbocycles. The van der Waals surface area contributed by atoms with Gasteiger partial charge in [0.05, 0.1) is 6.61 Å². The quantitative estimate of drug-likeness (QED) is 0.865. The summed E-state index contributed by atoms with van der Waals surface area (Å²) >= 11 is 5.59. The van der Waals surface area contributed by atoms with Crippen molar-refractivity contribution in [1.29, 1.82) is 0 Å². The Labute approximate surface area is 103 Å². The maximum absolute atomic E-state index is 12.1. The van der Waals surface area contributed by atoms with Crippen LogP contribution >= 0.6 is 11.6 Å². The molecule has 17 heavy (non-hydrogen) atoms. The van der Waals surface area contributed by atoms with Crippen LogP contribution in [0.25, 0.3) is 0 Å². The third-order valence-corrected chi connectivity index (χ3v) is 4.30. The standard InChI is InChI=1S/C9H11ClN2O4S/c10-8-5-7(6-11-9(8)13)17(14,15)12-3-1-2-4-16-12/h5-6H,1-4H2,(H,11,13). The first kappa shape index (κ1) is 12.6. The van der Waals surface area contributed by atoms with Gasteiger partial charge in [-0.3, -0.25) is 9.63 Å². The van der Waals surface area contributed by atoms with Gasteiger partial charge in [-0.1, -0.05) is 16.1 Å². The van der Waals surface area contributed by atoms with Crippen molar-refractivity contribution in [3.05, 3.63) is 27.6 Å². The van der Waals surface area contributed by atoms with Crippen molar-refractivity contribution < 1.29 is 13.3 Å². The number of pyridine rings is 1. The van der Waals surface area contributed by atoms with Crippen molar-refractivity contribution in [2.24, 2.45) is 0 Å². The molecular weight excluding hydrogens is 268 g/mol. The summed E-state index contributed by atoms with van der Waals surface area (Å²) in [4.78, 5) is 18.3. The predicted molar refractivity (Wildman–Crippen MR) is 61.2 cm³/mol. The minimum absolute atomic E-state index is 0.0796. The van der Waals surface area contributed by atoms with Crippen LogP contribution in [-0.2, 0) is 14.9 Å². The molecule has 1 aromatic heterocycles. The zero-order valence-electron chi connectivity index (χ0n) is 8.85. The average Bonchev–Trinajstić information content (AvgIpc) is 2.33. The molecule has 2 rings (SSSR count). The van der Waals surface area contributed by atoms with Crippen LogP contribution in [0, 0.1) is 0 Å². The van der Waals surface area contributed by atoms with E-state index in [1.54, 1.807) is 0 Å². The van der Waals surface area contributed by atoms with Crippen molar-refractivity contribution in [3.63, 3.8) is 0 Å². The number of H-pyrrole nitrogens is 1. The second kappa shape index (κ2) is 4.77. The van der Waals surface area contributed by atoms with Gasteiger partial charge in [-0.25, -0.2) is 8.42 Å². The first-order chi connectivity index (χ1) is 8.01. The smallest absolute Gasteiger partial charge is 0.266 e. The van der Waals surface area contributed by atoms with Crippen LogP contribution in [0.4, 0.5) is 0 Å². The van der Waals surface area contributed by atoms with E-state index in [2.05, 4.69) is 4.98 Å². The number of hydrogen-bond donors (Lipinski definition) is 1. The van der Waals surface area contributed by atoms with Gasteiger partial charge in [-0.15, -0.1) is 0 Å².